The van der Waals surface area contributed by atoms with Gasteiger partial charge in [-0.05, 0) is 49.7 Å². The van der Waals surface area contributed by atoms with Crippen LogP contribution in [0.3, 0.4) is 0 Å². The largest absolute Gasteiger partial charge is 0.496 e. The van der Waals surface area contributed by atoms with E-state index in [9.17, 15) is 4.79 Å². The van der Waals surface area contributed by atoms with Crippen molar-refractivity contribution in [2.75, 3.05) is 27.2 Å². The third-order valence-corrected chi connectivity index (χ3v) is 5.31. The Hall–Kier alpha value is -1.52. The van der Waals surface area contributed by atoms with Gasteiger partial charge in [-0.25, -0.2) is 4.79 Å². The van der Waals surface area contributed by atoms with E-state index < -0.39 is 5.60 Å². The molecule has 0 aliphatic carbocycles. The Morgan fingerprint density at radius 1 is 1.22 bits per heavy atom. The van der Waals surface area contributed by atoms with E-state index in [1.807, 2.05) is 26.0 Å². The van der Waals surface area contributed by atoms with Crippen LogP contribution in [-0.2, 0) is 14.3 Å². The van der Waals surface area contributed by atoms with Crippen LogP contribution in [-0.4, -0.2) is 43.7 Å². The molecule has 0 atom stereocenters. The average molecular weight is 336 g/mol. The van der Waals surface area contributed by atoms with E-state index in [2.05, 4.69) is 11.9 Å². The maximum atomic E-state index is 12.6. The molecule has 0 amide bonds. The molecule has 3 rings (SSSR count). The van der Waals surface area contributed by atoms with Gasteiger partial charge in [0.05, 0.1) is 7.11 Å². The lowest BCUT2D eigenvalue weighted by atomic mass is 9.87. The van der Waals surface area contributed by atoms with Gasteiger partial charge in [-0.2, -0.15) is 0 Å². The molecule has 0 bridgehead atoms. The molecule has 1 aromatic carbocycles. The number of carbonyl (C=O) groups excluding carboxylic acids is 1. The first kappa shape index (κ1) is 16.3. The molecule has 5 heteroatoms. The number of nitrogens with zero attached hydrogens (tertiary/aromatic N) is 1. The van der Waals surface area contributed by atoms with Crippen LogP contribution in [0, 0.1) is 13.8 Å². The van der Waals surface area contributed by atoms with Crippen molar-refractivity contribution in [1.82, 2.24) is 4.90 Å². The van der Waals surface area contributed by atoms with Gasteiger partial charge < -0.3 is 14.4 Å². The van der Waals surface area contributed by atoms with E-state index in [0.717, 1.165) is 42.6 Å². The van der Waals surface area contributed by atoms with Crippen LogP contribution in [0.2, 0.25) is 5.02 Å². The second-order valence-corrected chi connectivity index (χ2v) is 6.92. The van der Waals surface area contributed by atoms with Crippen LogP contribution >= 0.6 is 11.6 Å². The second-order valence-electron chi connectivity index (χ2n) is 6.51. The van der Waals surface area contributed by atoms with Crippen molar-refractivity contribution in [2.45, 2.75) is 32.3 Å². The fourth-order valence-electron chi connectivity index (χ4n) is 3.47. The van der Waals surface area contributed by atoms with Crippen LogP contribution < -0.4 is 0 Å². The van der Waals surface area contributed by atoms with Gasteiger partial charge in [0.2, 0.25) is 0 Å². The fraction of sp³-hybridized carbons (Fsp3) is 0.500. The van der Waals surface area contributed by atoms with Crippen molar-refractivity contribution in [3.8, 4) is 0 Å². The van der Waals surface area contributed by atoms with E-state index in [-0.39, 0.29) is 5.97 Å². The third kappa shape index (κ3) is 2.64. The first-order valence-electron chi connectivity index (χ1n) is 7.86. The van der Waals surface area contributed by atoms with Crippen molar-refractivity contribution in [3.05, 3.63) is 39.6 Å². The summed E-state index contributed by atoms with van der Waals surface area (Å²) < 4.78 is 11.5. The number of benzene rings is 1. The summed E-state index contributed by atoms with van der Waals surface area (Å²) >= 11 is 6.19. The summed E-state index contributed by atoms with van der Waals surface area (Å²) in [7, 11) is 3.70. The number of likely N-dealkylation sites (tertiary alicyclic amines) is 1. The molecule has 0 radical (unpaired) electrons. The summed E-state index contributed by atoms with van der Waals surface area (Å²) in [4.78, 5) is 14.9. The highest BCUT2D eigenvalue weighted by molar-refractivity contribution is 6.31. The molecule has 4 nitrogen and oxygen atoms in total. The third-order valence-electron chi connectivity index (χ3n) is 4.91. The van der Waals surface area contributed by atoms with Gasteiger partial charge in [0, 0.05) is 31.0 Å². The fourth-order valence-corrected chi connectivity index (χ4v) is 3.69. The number of halogens is 1. The van der Waals surface area contributed by atoms with Gasteiger partial charge in [0.25, 0.3) is 0 Å². The lowest BCUT2D eigenvalue weighted by molar-refractivity contribution is -0.151. The standard InChI is InChI=1S/C18H22ClNO3/c1-11-10-14(19)12(2)9-13(11)15-16(22-4)18(23-17(15)21)5-7-20(3)8-6-18/h9-10H,5-8H2,1-4H3. The number of piperidine rings is 1. The lowest BCUT2D eigenvalue weighted by Gasteiger charge is -2.37. The molecule has 0 unspecified atom stereocenters. The Balaban J connectivity index is 2.12. The van der Waals surface area contributed by atoms with Gasteiger partial charge in [-0.1, -0.05) is 11.6 Å². The van der Waals surface area contributed by atoms with Gasteiger partial charge in [-0.15, -0.1) is 0 Å². The Kier molecular flexibility index (Phi) is 4.15. The molecule has 1 saturated heterocycles. The van der Waals surface area contributed by atoms with Gasteiger partial charge >= 0.3 is 5.97 Å². The summed E-state index contributed by atoms with van der Waals surface area (Å²) in [5, 5.41) is 0.700. The van der Waals surface area contributed by atoms with Crippen molar-refractivity contribution in [2.24, 2.45) is 0 Å². The average Bonchev–Trinajstić information content (AvgIpc) is 2.78. The molecule has 0 saturated carbocycles. The summed E-state index contributed by atoms with van der Waals surface area (Å²) in [5.74, 6) is 0.372. The highest BCUT2D eigenvalue weighted by Crippen LogP contribution is 2.45. The van der Waals surface area contributed by atoms with E-state index in [0.29, 0.717) is 16.4 Å². The molecular weight excluding hydrogens is 314 g/mol. The smallest absolute Gasteiger partial charge is 0.343 e. The number of carbonyl (C=O) groups is 1. The molecule has 1 fully saturated rings. The van der Waals surface area contributed by atoms with Crippen LogP contribution in [0.1, 0.15) is 29.5 Å². The second kappa shape index (κ2) is 5.84. The predicted octanol–water partition coefficient (Wildman–Crippen LogP) is 3.34. The molecule has 2 aliphatic rings. The van der Waals surface area contributed by atoms with Crippen LogP contribution in [0.5, 0.6) is 0 Å². The predicted molar refractivity (Wildman–Crippen MR) is 90.4 cm³/mol. The van der Waals surface area contributed by atoms with Crippen molar-refractivity contribution in [1.29, 1.82) is 0 Å². The zero-order valence-electron chi connectivity index (χ0n) is 14.0. The molecule has 1 aromatic rings. The minimum Gasteiger partial charge on any atom is -0.496 e. The summed E-state index contributed by atoms with van der Waals surface area (Å²) in [6, 6.07) is 3.83. The van der Waals surface area contributed by atoms with E-state index in [4.69, 9.17) is 21.1 Å². The number of ether oxygens (including phenoxy) is 2. The maximum Gasteiger partial charge on any atom is 0.343 e. The first-order valence-corrected chi connectivity index (χ1v) is 8.23. The summed E-state index contributed by atoms with van der Waals surface area (Å²) in [5.41, 5.74) is 2.67. The normalized spacial score (nSPS) is 21.0. The van der Waals surface area contributed by atoms with E-state index in [1.54, 1.807) is 7.11 Å². The highest BCUT2D eigenvalue weighted by Gasteiger charge is 2.50. The first-order chi connectivity index (χ1) is 10.9. The zero-order valence-corrected chi connectivity index (χ0v) is 14.8. The summed E-state index contributed by atoms with van der Waals surface area (Å²) in [6.07, 6.45) is 1.51. The molecule has 2 heterocycles. The van der Waals surface area contributed by atoms with Gasteiger partial charge in [0.1, 0.15) is 5.57 Å². The lowest BCUT2D eigenvalue weighted by Crippen LogP contribution is -2.44. The maximum absolute atomic E-state index is 12.6. The SMILES string of the molecule is COC1=C(c2cc(C)c(Cl)cc2C)C(=O)OC12CCN(C)CC2. The van der Waals surface area contributed by atoms with E-state index in [1.165, 1.54) is 0 Å². The number of hydrogen-bond acceptors (Lipinski definition) is 4. The quantitative estimate of drug-likeness (QED) is 0.777. The number of aryl methyl sites for hydroxylation is 2. The van der Waals surface area contributed by atoms with Crippen molar-refractivity contribution in [3.63, 3.8) is 0 Å². The zero-order chi connectivity index (χ0) is 16.8. The summed E-state index contributed by atoms with van der Waals surface area (Å²) in [6.45, 7) is 5.65. The molecule has 124 valence electrons. The Morgan fingerprint density at radius 2 is 1.87 bits per heavy atom. The van der Waals surface area contributed by atoms with Crippen LogP contribution in [0.4, 0.5) is 0 Å². The van der Waals surface area contributed by atoms with Crippen LogP contribution in [0.15, 0.2) is 17.9 Å². The molecule has 23 heavy (non-hydrogen) atoms. The molecule has 2 aliphatic heterocycles. The highest BCUT2D eigenvalue weighted by atomic mass is 35.5. The van der Waals surface area contributed by atoms with E-state index >= 15 is 0 Å². The van der Waals surface area contributed by atoms with Crippen LogP contribution in [0.25, 0.3) is 5.57 Å². The number of rotatable bonds is 2. The van der Waals surface area contributed by atoms with Gasteiger partial charge in [0.15, 0.2) is 11.4 Å². The topological polar surface area (TPSA) is 38.8 Å². The Morgan fingerprint density at radius 3 is 2.48 bits per heavy atom. The minimum absolute atomic E-state index is 0.295. The Bertz CT molecular complexity index is 688. The Labute approximate surface area is 142 Å². The number of hydrogen-bond donors (Lipinski definition) is 0. The molecule has 1 spiro atoms. The minimum atomic E-state index is -0.617. The number of methoxy groups -OCH3 is 1. The molecule has 0 N–H and O–H groups in total. The van der Waals surface area contributed by atoms with Crippen molar-refractivity contribution >= 4 is 23.1 Å². The molecule has 0 aromatic heterocycles. The number of esters is 1. The molecular formula is C18H22ClNO3. The van der Waals surface area contributed by atoms with Gasteiger partial charge in [-0.3, -0.25) is 0 Å². The van der Waals surface area contributed by atoms with Crippen molar-refractivity contribution < 1.29 is 14.3 Å². The monoisotopic (exact) mass is 335 g/mol.